The third-order valence-electron chi connectivity index (χ3n) is 4.65. The fourth-order valence-corrected chi connectivity index (χ4v) is 3.45. The minimum atomic E-state index is 0.695. The molecule has 1 atom stereocenters. The number of hydrogen-bond donors (Lipinski definition) is 0. The van der Waals surface area contributed by atoms with Crippen LogP contribution in [0.1, 0.15) is 42.0 Å². The highest BCUT2D eigenvalue weighted by Gasteiger charge is 2.23. The van der Waals surface area contributed by atoms with E-state index in [1.165, 1.54) is 42.5 Å². The summed E-state index contributed by atoms with van der Waals surface area (Å²) in [6.45, 7) is 2.18. The quantitative estimate of drug-likeness (QED) is 0.839. The number of rotatable bonds is 5. The highest BCUT2D eigenvalue weighted by molar-refractivity contribution is 5.25. The van der Waals surface area contributed by atoms with E-state index in [1.807, 2.05) is 0 Å². The lowest BCUT2D eigenvalue weighted by molar-refractivity contribution is 0.304. The van der Waals surface area contributed by atoms with Gasteiger partial charge in [-0.3, -0.25) is 4.68 Å². The monoisotopic (exact) mass is 283 g/mol. The summed E-state index contributed by atoms with van der Waals surface area (Å²) in [6, 6.07) is 10.7. The molecule has 2 aromatic rings. The lowest BCUT2D eigenvalue weighted by Gasteiger charge is -2.25. The van der Waals surface area contributed by atoms with E-state index in [2.05, 4.69) is 65.3 Å². The van der Waals surface area contributed by atoms with Gasteiger partial charge in [0.05, 0.1) is 6.20 Å². The molecule has 0 saturated carbocycles. The molecule has 1 aromatic carbocycles. The van der Waals surface area contributed by atoms with Crippen molar-refractivity contribution < 1.29 is 0 Å². The topological polar surface area (TPSA) is 21.1 Å². The molecule has 0 fully saturated rings. The molecule has 1 heterocycles. The van der Waals surface area contributed by atoms with E-state index < -0.39 is 0 Å². The Kier molecular flexibility index (Phi) is 4.39. The molecule has 0 radical (unpaired) electrons. The molecule has 0 amide bonds. The van der Waals surface area contributed by atoms with E-state index in [9.17, 15) is 0 Å². The van der Waals surface area contributed by atoms with Crippen molar-refractivity contribution >= 4 is 0 Å². The minimum Gasteiger partial charge on any atom is -0.302 e. The Morgan fingerprint density at radius 1 is 1.29 bits per heavy atom. The van der Waals surface area contributed by atoms with Gasteiger partial charge >= 0.3 is 0 Å². The van der Waals surface area contributed by atoms with Gasteiger partial charge in [-0.25, -0.2) is 0 Å². The Morgan fingerprint density at radius 3 is 2.90 bits per heavy atom. The second-order valence-corrected chi connectivity index (χ2v) is 6.27. The van der Waals surface area contributed by atoms with Crippen molar-refractivity contribution in [1.82, 2.24) is 14.7 Å². The van der Waals surface area contributed by atoms with Crippen LogP contribution in [0.5, 0.6) is 0 Å². The second-order valence-electron chi connectivity index (χ2n) is 6.27. The Bertz CT molecular complexity index is 573. The molecule has 3 rings (SSSR count). The molecule has 0 N–H and O–H groups in total. The van der Waals surface area contributed by atoms with Crippen molar-refractivity contribution in [2.45, 2.75) is 38.1 Å². The van der Waals surface area contributed by atoms with Crippen LogP contribution >= 0.6 is 0 Å². The summed E-state index contributed by atoms with van der Waals surface area (Å²) in [4.78, 5) is 2.43. The maximum absolute atomic E-state index is 4.45. The molecule has 112 valence electrons. The number of benzene rings is 1. The van der Waals surface area contributed by atoms with Crippen LogP contribution in [0.4, 0.5) is 0 Å². The molecule has 1 aliphatic carbocycles. The Labute approximate surface area is 127 Å². The van der Waals surface area contributed by atoms with Crippen LogP contribution < -0.4 is 0 Å². The Balaban J connectivity index is 1.56. The zero-order chi connectivity index (χ0) is 14.7. The molecular formula is C18H25N3. The zero-order valence-electron chi connectivity index (χ0n) is 13.1. The van der Waals surface area contributed by atoms with Gasteiger partial charge in [0.15, 0.2) is 0 Å². The SMILES string of the molecule is CN(CCC1CCCc2c1cnn2C)Cc1ccccc1. The van der Waals surface area contributed by atoms with Crippen LogP contribution in [0.25, 0.3) is 0 Å². The first kappa shape index (κ1) is 14.3. The first-order valence-electron chi connectivity index (χ1n) is 7.97. The first-order valence-corrected chi connectivity index (χ1v) is 7.97. The predicted octanol–water partition coefficient (Wildman–Crippen LogP) is 3.36. The third-order valence-corrected chi connectivity index (χ3v) is 4.65. The van der Waals surface area contributed by atoms with E-state index >= 15 is 0 Å². The average Bonchev–Trinajstić information content (AvgIpc) is 2.88. The molecule has 1 aromatic heterocycles. The van der Waals surface area contributed by atoms with Crippen molar-refractivity contribution in [2.24, 2.45) is 7.05 Å². The lowest BCUT2D eigenvalue weighted by Crippen LogP contribution is -2.22. The molecule has 0 saturated heterocycles. The molecule has 3 nitrogen and oxygen atoms in total. The normalized spacial score (nSPS) is 18.0. The van der Waals surface area contributed by atoms with E-state index in [0.29, 0.717) is 5.92 Å². The van der Waals surface area contributed by atoms with E-state index in [-0.39, 0.29) is 0 Å². The van der Waals surface area contributed by atoms with Crippen molar-refractivity contribution in [3.8, 4) is 0 Å². The maximum Gasteiger partial charge on any atom is 0.0527 e. The standard InChI is InChI=1S/C18H25N3/c1-20(14-15-7-4-3-5-8-15)12-11-16-9-6-10-18-17(16)13-19-21(18)2/h3-5,7-8,13,16H,6,9-12,14H2,1-2H3. The van der Waals surface area contributed by atoms with Crippen LogP contribution in [0.2, 0.25) is 0 Å². The van der Waals surface area contributed by atoms with Gasteiger partial charge in [0.2, 0.25) is 0 Å². The van der Waals surface area contributed by atoms with Gasteiger partial charge in [0, 0.05) is 19.3 Å². The van der Waals surface area contributed by atoms with Crippen molar-refractivity contribution in [3.63, 3.8) is 0 Å². The summed E-state index contributed by atoms with van der Waals surface area (Å²) in [5.41, 5.74) is 4.35. The number of fused-ring (bicyclic) bond motifs is 1. The van der Waals surface area contributed by atoms with Crippen LogP contribution in [0.15, 0.2) is 36.5 Å². The molecule has 3 heteroatoms. The lowest BCUT2D eigenvalue weighted by atomic mass is 9.85. The molecule has 21 heavy (non-hydrogen) atoms. The van der Waals surface area contributed by atoms with Gasteiger partial charge in [0.25, 0.3) is 0 Å². The number of aryl methyl sites for hydroxylation is 1. The minimum absolute atomic E-state index is 0.695. The molecule has 0 aliphatic heterocycles. The van der Waals surface area contributed by atoms with E-state index in [0.717, 1.165) is 13.1 Å². The summed E-state index contributed by atoms with van der Waals surface area (Å²) < 4.78 is 2.06. The van der Waals surface area contributed by atoms with Crippen LogP contribution in [0.3, 0.4) is 0 Å². The summed E-state index contributed by atoms with van der Waals surface area (Å²) in [7, 11) is 4.29. The molecule has 0 bridgehead atoms. The second kappa shape index (κ2) is 6.44. The number of hydrogen-bond acceptors (Lipinski definition) is 2. The van der Waals surface area contributed by atoms with Gasteiger partial charge in [-0.1, -0.05) is 30.3 Å². The van der Waals surface area contributed by atoms with Crippen LogP contribution in [-0.2, 0) is 20.0 Å². The summed E-state index contributed by atoms with van der Waals surface area (Å²) in [5.74, 6) is 0.695. The fourth-order valence-electron chi connectivity index (χ4n) is 3.45. The van der Waals surface area contributed by atoms with Crippen molar-refractivity contribution in [1.29, 1.82) is 0 Å². The molecule has 1 unspecified atom stereocenters. The van der Waals surface area contributed by atoms with Crippen molar-refractivity contribution in [2.75, 3.05) is 13.6 Å². The van der Waals surface area contributed by atoms with Crippen LogP contribution in [-0.4, -0.2) is 28.3 Å². The fraction of sp³-hybridized carbons (Fsp3) is 0.500. The third kappa shape index (κ3) is 3.35. The Hall–Kier alpha value is -1.61. The van der Waals surface area contributed by atoms with Crippen molar-refractivity contribution in [3.05, 3.63) is 53.3 Å². The summed E-state index contributed by atoms with van der Waals surface area (Å²) >= 11 is 0. The largest absolute Gasteiger partial charge is 0.302 e. The highest BCUT2D eigenvalue weighted by atomic mass is 15.3. The highest BCUT2D eigenvalue weighted by Crippen LogP contribution is 2.33. The predicted molar refractivity (Wildman–Crippen MR) is 86.3 cm³/mol. The number of aromatic nitrogens is 2. The van der Waals surface area contributed by atoms with Crippen LogP contribution in [0, 0.1) is 0 Å². The van der Waals surface area contributed by atoms with Gasteiger partial charge < -0.3 is 4.90 Å². The first-order chi connectivity index (χ1) is 10.2. The van der Waals surface area contributed by atoms with Gasteiger partial charge in [-0.15, -0.1) is 0 Å². The van der Waals surface area contributed by atoms with E-state index in [4.69, 9.17) is 0 Å². The zero-order valence-corrected chi connectivity index (χ0v) is 13.1. The maximum atomic E-state index is 4.45. The smallest absolute Gasteiger partial charge is 0.0527 e. The van der Waals surface area contributed by atoms with Gasteiger partial charge in [-0.05, 0) is 56.3 Å². The number of nitrogens with zero attached hydrogens (tertiary/aromatic N) is 3. The van der Waals surface area contributed by atoms with Gasteiger partial charge in [-0.2, -0.15) is 5.10 Å². The molecule has 1 aliphatic rings. The van der Waals surface area contributed by atoms with Gasteiger partial charge in [0.1, 0.15) is 0 Å². The molecular weight excluding hydrogens is 258 g/mol. The molecule has 0 spiro atoms. The summed E-state index contributed by atoms with van der Waals surface area (Å²) in [5, 5.41) is 4.45. The van der Waals surface area contributed by atoms with E-state index in [1.54, 1.807) is 0 Å². The average molecular weight is 283 g/mol. The Morgan fingerprint density at radius 2 is 2.10 bits per heavy atom. The summed E-state index contributed by atoms with van der Waals surface area (Å²) in [6.07, 6.45) is 7.15.